The van der Waals surface area contributed by atoms with E-state index in [2.05, 4.69) is 20.9 Å². The van der Waals surface area contributed by atoms with Crippen LogP contribution in [-0.2, 0) is 27.9 Å². The summed E-state index contributed by atoms with van der Waals surface area (Å²) in [5, 5.41) is 5.00. The largest absolute Gasteiger partial charge is 0.382 e. The second-order valence-corrected chi connectivity index (χ2v) is 8.67. The molecule has 32 heavy (non-hydrogen) atoms. The minimum atomic E-state index is -0.717. The molecule has 3 heterocycles. The number of ether oxygens (including phenoxy) is 1. The Balaban J connectivity index is 1.74. The van der Waals surface area contributed by atoms with Gasteiger partial charge in [-0.3, -0.25) is 14.6 Å². The number of nitrogens with zero attached hydrogens (tertiary/aromatic N) is 3. The van der Waals surface area contributed by atoms with Crippen LogP contribution >= 0.6 is 11.8 Å². The van der Waals surface area contributed by atoms with E-state index < -0.39 is 6.04 Å². The molecule has 0 saturated heterocycles. The number of fused-ring (bicyclic) bond motifs is 3. The fraction of sp³-hybridized carbons (Fsp3) is 0.375. The molecule has 1 aliphatic rings. The van der Waals surface area contributed by atoms with Crippen LogP contribution in [0.15, 0.2) is 53.8 Å². The van der Waals surface area contributed by atoms with Crippen molar-refractivity contribution in [2.75, 3.05) is 25.5 Å². The van der Waals surface area contributed by atoms with E-state index in [0.717, 1.165) is 33.5 Å². The fourth-order valence-electron chi connectivity index (χ4n) is 4.12. The van der Waals surface area contributed by atoms with Crippen molar-refractivity contribution in [3.8, 4) is 0 Å². The van der Waals surface area contributed by atoms with Crippen LogP contribution in [-0.4, -0.2) is 51.8 Å². The van der Waals surface area contributed by atoms with Crippen molar-refractivity contribution in [3.05, 3.63) is 59.9 Å². The molecule has 1 atom stereocenters. The number of hydrogen-bond donors (Lipinski definition) is 1. The Bertz CT molecular complexity index is 1100. The van der Waals surface area contributed by atoms with Gasteiger partial charge in [0.1, 0.15) is 6.04 Å². The summed E-state index contributed by atoms with van der Waals surface area (Å²) >= 11 is 1.50. The van der Waals surface area contributed by atoms with Gasteiger partial charge in [0.2, 0.25) is 11.8 Å². The van der Waals surface area contributed by atoms with Crippen molar-refractivity contribution < 1.29 is 14.3 Å². The molecule has 0 saturated carbocycles. The standard InChI is InChI=1S/C24H28N4O3S/c1-3-31-13-7-12-26-23(30)22-21-18-9-4-5-10-19(18)27(2)24(21)32-16-20(29)28(22)15-17-8-6-11-25-14-17/h4-6,8-11,14,22H,3,7,12-13,15-16H2,1-2H3,(H,26,30)/t22-/m0/s1. The molecule has 2 amide bonds. The third kappa shape index (κ3) is 4.52. The lowest BCUT2D eigenvalue weighted by Gasteiger charge is -2.30. The average Bonchev–Trinajstić information content (AvgIpc) is 3.00. The summed E-state index contributed by atoms with van der Waals surface area (Å²) in [6.45, 7) is 4.02. The maximum Gasteiger partial charge on any atom is 0.247 e. The molecule has 8 heteroatoms. The summed E-state index contributed by atoms with van der Waals surface area (Å²) in [5.74, 6) is 0.0541. The molecule has 1 aliphatic heterocycles. The second kappa shape index (κ2) is 10.2. The lowest BCUT2D eigenvalue weighted by Crippen LogP contribution is -2.43. The maximum absolute atomic E-state index is 13.6. The van der Waals surface area contributed by atoms with E-state index in [0.29, 0.717) is 26.3 Å². The van der Waals surface area contributed by atoms with Gasteiger partial charge in [-0.05, 0) is 31.0 Å². The second-order valence-electron chi connectivity index (χ2n) is 7.71. The van der Waals surface area contributed by atoms with Gasteiger partial charge in [-0.15, -0.1) is 0 Å². The number of thioether (sulfide) groups is 1. The highest BCUT2D eigenvalue weighted by molar-refractivity contribution is 8.00. The number of amides is 2. The van der Waals surface area contributed by atoms with Gasteiger partial charge in [0.15, 0.2) is 0 Å². The number of carbonyl (C=O) groups excluding carboxylic acids is 2. The van der Waals surface area contributed by atoms with Crippen LogP contribution in [0.3, 0.4) is 0 Å². The minimum absolute atomic E-state index is 0.0615. The van der Waals surface area contributed by atoms with E-state index in [1.54, 1.807) is 17.3 Å². The first kappa shape index (κ1) is 22.4. The Kier molecular flexibility index (Phi) is 7.12. The third-order valence-corrected chi connectivity index (χ3v) is 6.78. The van der Waals surface area contributed by atoms with E-state index in [1.807, 2.05) is 44.3 Å². The molecule has 1 N–H and O–H groups in total. The first-order valence-corrected chi connectivity index (χ1v) is 11.8. The number of hydrogen-bond acceptors (Lipinski definition) is 5. The Morgan fingerprint density at radius 1 is 1.28 bits per heavy atom. The van der Waals surface area contributed by atoms with Crippen molar-refractivity contribution in [1.82, 2.24) is 19.8 Å². The zero-order valence-corrected chi connectivity index (χ0v) is 19.2. The van der Waals surface area contributed by atoms with Crippen molar-refractivity contribution in [2.45, 2.75) is 31.0 Å². The van der Waals surface area contributed by atoms with Crippen LogP contribution in [0, 0.1) is 0 Å². The van der Waals surface area contributed by atoms with E-state index in [4.69, 9.17) is 4.74 Å². The average molecular weight is 453 g/mol. The summed E-state index contributed by atoms with van der Waals surface area (Å²) in [7, 11) is 1.99. The molecule has 1 aromatic carbocycles. The number of carbonyl (C=O) groups is 2. The number of pyridine rings is 1. The number of aryl methyl sites for hydroxylation is 1. The van der Waals surface area contributed by atoms with Crippen molar-refractivity contribution in [1.29, 1.82) is 0 Å². The number of aromatic nitrogens is 2. The molecule has 0 radical (unpaired) electrons. The van der Waals surface area contributed by atoms with Gasteiger partial charge in [-0.25, -0.2) is 0 Å². The van der Waals surface area contributed by atoms with Crippen LogP contribution < -0.4 is 5.32 Å². The van der Waals surface area contributed by atoms with Gasteiger partial charge in [-0.1, -0.05) is 36.0 Å². The van der Waals surface area contributed by atoms with Gasteiger partial charge in [0.25, 0.3) is 0 Å². The number of rotatable bonds is 8. The van der Waals surface area contributed by atoms with Gasteiger partial charge < -0.3 is 19.5 Å². The monoisotopic (exact) mass is 452 g/mol. The predicted octanol–water partition coefficient (Wildman–Crippen LogP) is 3.29. The quantitative estimate of drug-likeness (QED) is 0.531. The Hall–Kier alpha value is -2.84. The molecular formula is C24H28N4O3S. The smallest absolute Gasteiger partial charge is 0.247 e. The molecule has 168 valence electrons. The van der Waals surface area contributed by atoms with Crippen LogP contribution in [0.25, 0.3) is 10.9 Å². The number of para-hydroxylation sites is 1. The van der Waals surface area contributed by atoms with Crippen LogP contribution in [0.2, 0.25) is 0 Å². The van der Waals surface area contributed by atoms with E-state index in [1.165, 1.54) is 11.8 Å². The fourth-order valence-corrected chi connectivity index (χ4v) is 5.21. The maximum atomic E-state index is 13.6. The molecular weight excluding hydrogens is 424 g/mol. The zero-order chi connectivity index (χ0) is 22.5. The van der Waals surface area contributed by atoms with Gasteiger partial charge in [-0.2, -0.15) is 0 Å². The number of nitrogens with one attached hydrogen (secondary N) is 1. The Morgan fingerprint density at radius 2 is 2.12 bits per heavy atom. The molecule has 0 bridgehead atoms. The van der Waals surface area contributed by atoms with Crippen molar-refractivity contribution in [3.63, 3.8) is 0 Å². The topological polar surface area (TPSA) is 76.5 Å². The summed E-state index contributed by atoms with van der Waals surface area (Å²) in [6, 6.07) is 11.1. The number of benzene rings is 1. The first-order chi connectivity index (χ1) is 15.6. The Labute approximate surface area is 192 Å². The van der Waals surface area contributed by atoms with Gasteiger partial charge >= 0.3 is 0 Å². The summed E-state index contributed by atoms with van der Waals surface area (Å²) in [6.07, 6.45) is 4.17. The molecule has 0 fully saturated rings. The normalized spacial score (nSPS) is 16.1. The highest BCUT2D eigenvalue weighted by Gasteiger charge is 2.38. The Morgan fingerprint density at radius 3 is 2.91 bits per heavy atom. The van der Waals surface area contributed by atoms with E-state index >= 15 is 0 Å². The summed E-state index contributed by atoms with van der Waals surface area (Å²) in [4.78, 5) is 32.7. The van der Waals surface area contributed by atoms with Crippen LogP contribution in [0.4, 0.5) is 0 Å². The predicted molar refractivity (Wildman–Crippen MR) is 125 cm³/mol. The molecule has 0 spiro atoms. The van der Waals surface area contributed by atoms with Crippen LogP contribution in [0.5, 0.6) is 0 Å². The highest BCUT2D eigenvalue weighted by Crippen LogP contribution is 2.42. The molecule has 0 unspecified atom stereocenters. The van der Waals surface area contributed by atoms with E-state index in [-0.39, 0.29) is 17.6 Å². The SMILES string of the molecule is CCOCCCNC(=O)[C@@H]1c2c(n(C)c3ccccc23)SCC(=O)N1Cc1cccnc1. The molecule has 4 rings (SSSR count). The van der Waals surface area contributed by atoms with E-state index in [9.17, 15) is 9.59 Å². The van der Waals surface area contributed by atoms with Crippen molar-refractivity contribution >= 4 is 34.5 Å². The summed E-state index contributed by atoms with van der Waals surface area (Å²) in [5.41, 5.74) is 2.84. The third-order valence-electron chi connectivity index (χ3n) is 5.62. The molecule has 3 aromatic rings. The van der Waals surface area contributed by atoms with Crippen molar-refractivity contribution in [2.24, 2.45) is 7.05 Å². The minimum Gasteiger partial charge on any atom is -0.382 e. The van der Waals surface area contributed by atoms with Crippen LogP contribution in [0.1, 0.15) is 30.5 Å². The summed E-state index contributed by atoms with van der Waals surface area (Å²) < 4.78 is 7.47. The zero-order valence-electron chi connectivity index (χ0n) is 18.4. The first-order valence-electron chi connectivity index (χ1n) is 10.9. The van der Waals surface area contributed by atoms with Gasteiger partial charge in [0, 0.05) is 62.2 Å². The van der Waals surface area contributed by atoms with Gasteiger partial charge in [0.05, 0.1) is 10.8 Å². The molecule has 2 aromatic heterocycles. The lowest BCUT2D eigenvalue weighted by molar-refractivity contribution is -0.139. The lowest BCUT2D eigenvalue weighted by atomic mass is 10.0. The molecule has 0 aliphatic carbocycles. The highest BCUT2D eigenvalue weighted by atomic mass is 32.2. The molecule has 7 nitrogen and oxygen atoms in total.